The van der Waals surface area contributed by atoms with E-state index in [0.29, 0.717) is 12.1 Å². The second-order valence-corrected chi connectivity index (χ2v) is 4.93. The van der Waals surface area contributed by atoms with Crippen LogP contribution < -0.4 is 10.1 Å². The van der Waals surface area contributed by atoms with E-state index in [4.69, 9.17) is 4.74 Å². The molecule has 18 heavy (non-hydrogen) atoms. The van der Waals surface area contributed by atoms with E-state index in [1.165, 1.54) is 12.0 Å². The van der Waals surface area contributed by atoms with Gasteiger partial charge < -0.3 is 10.1 Å². The SMILES string of the molecule is CCC(CC)Oc1ccc(CCC(C)NC)cc1. The fourth-order valence-electron chi connectivity index (χ4n) is 1.91. The minimum absolute atomic E-state index is 0.347. The van der Waals surface area contributed by atoms with Crippen LogP contribution in [0.3, 0.4) is 0 Å². The summed E-state index contributed by atoms with van der Waals surface area (Å²) < 4.78 is 5.90. The summed E-state index contributed by atoms with van der Waals surface area (Å²) >= 11 is 0. The monoisotopic (exact) mass is 249 g/mol. The molecule has 0 spiro atoms. The number of rotatable bonds is 8. The molecule has 0 bridgehead atoms. The molecule has 0 aliphatic rings. The van der Waals surface area contributed by atoms with E-state index in [9.17, 15) is 0 Å². The standard InChI is InChI=1S/C16H27NO/c1-5-15(6-2)18-16-11-9-14(10-12-16)8-7-13(3)17-4/h9-13,15,17H,5-8H2,1-4H3. The Morgan fingerprint density at radius 1 is 1.11 bits per heavy atom. The molecule has 0 aromatic heterocycles. The Bertz CT molecular complexity index is 316. The fourth-order valence-corrected chi connectivity index (χ4v) is 1.91. The lowest BCUT2D eigenvalue weighted by atomic mass is 10.1. The molecule has 1 atom stereocenters. The lowest BCUT2D eigenvalue weighted by Crippen LogP contribution is -2.21. The molecule has 1 aromatic carbocycles. The average molecular weight is 249 g/mol. The van der Waals surface area contributed by atoms with Gasteiger partial charge in [0.2, 0.25) is 0 Å². The lowest BCUT2D eigenvalue weighted by molar-refractivity contribution is 0.193. The van der Waals surface area contributed by atoms with Crippen LogP contribution in [0.15, 0.2) is 24.3 Å². The number of ether oxygens (including phenoxy) is 1. The normalized spacial score (nSPS) is 12.7. The van der Waals surface area contributed by atoms with Gasteiger partial charge in [-0.1, -0.05) is 26.0 Å². The Kier molecular flexibility index (Phi) is 6.81. The summed E-state index contributed by atoms with van der Waals surface area (Å²) in [5.74, 6) is 0.995. The minimum Gasteiger partial charge on any atom is -0.490 e. The highest BCUT2D eigenvalue weighted by Gasteiger charge is 2.05. The third-order valence-corrected chi connectivity index (χ3v) is 3.50. The number of benzene rings is 1. The van der Waals surface area contributed by atoms with Crippen molar-refractivity contribution in [1.29, 1.82) is 0 Å². The molecule has 0 amide bonds. The second-order valence-electron chi connectivity index (χ2n) is 4.93. The summed E-state index contributed by atoms with van der Waals surface area (Å²) in [7, 11) is 2.01. The first kappa shape index (κ1) is 15.0. The maximum absolute atomic E-state index is 5.90. The first-order chi connectivity index (χ1) is 8.69. The van der Waals surface area contributed by atoms with E-state index in [-0.39, 0.29) is 0 Å². The van der Waals surface area contributed by atoms with Crippen molar-refractivity contribution in [1.82, 2.24) is 5.32 Å². The Labute approximate surface area is 112 Å². The molecule has 0 fully saturated rings. The van der Waals surface area contributed by atoms with Crippen LogP contribution in [-0.2, 0) is 6.42 Å². The lowest BCUT2D eigenvalue weighted by Gasteiger charge is -2.16. The molecule has 0 saturated heterocycles. The van der Waals surface area contributed by atoms with Crippen molar-refractivity contribution in [2.24, 2.45) is 0 Å². The van der Waals surface area contributed by atoms with Gasteiger partial charge in [0.05, 0.1) is 6.10 Å². The summed E-state index contributed by atoms with van der Waals surface area (Å²) in [5, 5.41) is 3.26. The number of hydrogen-bond donors (Lipinski definition) is 1. The van der Waals surface area contributed by atoms with Gasteiger partial charge in [0.15, 0.2) is 0 Å². The topological polar surface area (TPSA) is 21.3 Å². The van der Waals surface area contributed by atoms with Crippen LogP contribution in [-0.4, -0.2) is 19.2 Å². The van der Waals surface area contributed by atoms with Gasteiger partial charge in [-0.3, -0.25) is 0 Å². The predicted molar refractivity (Wildman–Crippen MR) is 78.3 cm³/mol. The Balaban J connectivity index is 2.47. The van der Waals surface area contributed by atoms with E-state index in [1.807, 2.05) is 7.05 Å². The van der Waals surface area contributed by atoms with Gasteiger partial charge in [0.25, 0.3) is 0 Å². The molecular formula is C16H27NO. The van der Waals surface area contributed by atoms with Crippen molar-refractivity contribution in [3.63, 3.8) is 0 Å². The van der Waals surface area contributed by atoms with Gasteiger partial charge in [-0.25, -0.2) is 0 Å². The quantitative estimate of drug-likeness (QED) is 0.756. The van der Waals surface area contributed by atoms with Crippen LogP contribution in [0.2, 0.25) is 0 Å². The molecule has 1 unspecified atom stereocenters. The van der Waals surface area contributed by atoms with E-state index in [1.54, 1.807) is 0 Å². The van der Waals surface area contributed by atoms with Gasteiger partial charge >= 0.3 is 0 Å². The number of aryl methyl sites for hydroxylation is 1. The van der Waals surface area contributed by atoms with Crippen molar-refractivity contribution >= 4 is 0 Å². The molecule has 0 aliphatic heterocycles. The highest BCUT2D eigenvalue weighted by atomic mass is 16.5. The molecular weight excluding hydrogens is 222 g/mol. The highest BCUT2D eigenvalue weighted by Crippen LogP contribution is 2.17. The van der Waals surface area contributed by atoms with Crippen LogP contribution in [0.5, 0.6) is 5.75 Å². The van der Waals surface area contributed by atoms with E-state index in [0.717, 1.165) is 25.0 Å². The molecule has 0 saturated carbocycles. The zero-order valence-corrected chi connectivity index (χ0v) is 12.2. The van der Waals surface area contributed by atoms with Gasteiger partial charge in [0.1, 0.15) is 5.75 Å². The molecule has 1 N–H and O–H groups in total. The first-order valence-corrected chi connectivity index (χ1v) is 7.12. The van der Waals surface area contributed by atoms with Crippen LogP contribution >= 0.6 is 0 Å². The molecule has 0 radical (unpaired) electrons. The summed E-state index contributed by atoms with van der Waals surface area (Å²) in [6.07, 6.45) is 4.77. The third kappa shape index (κ3) is 5.09. The Morgan fingerprint density at radius 2 is 1.72 bits per heavy atom. The predicted octanol–water partition coefficient (Wildman–Crippen LogP) is 3.79. The molecule has 1 rings (SSSR count). The summed E-state index contributed by atoms with van der Waals surface area (Å²) in [6.45, 7) is 6.55. The minimum atomic E-state index is 0.347. The van der Waals surface area contributed by atoms with Gasteiger partial charge in [-0.15, -0.1) is 0 Å². The third-order valence-electron chi connectivity index (χ3n) is 3.50. The van der Waals surface area contributed by atoms with Crippen molar-refractivity contribution in [3.05, 3.63) is 29.8 Å². The molecule has 0 aliphatic carbocycles. The van der Waals surface area contributed by atoms with Crippen molar-refractivity contribution in [2.45, 2.75) is 58.6 Å². The van der Waals surface area contributed by atoms with Gasteiger partial charge in [-0.05, 0) is 57.4 Å². The Hall–Kier alpha value is -1.02. The maximum atomic E-state index is 5.90. The van der Waals surface area contributed by atoms with Crippen molar-refractivity contribution in [2.75, 3.05) is 7.05 Å². The number of hydrogen-bond acceptors (Lipinski definition) is 2. The molecule has 0 heterocycles. The van der Waals surface area contributed by atoms with E-state index < -0.39 is 0 Å². The summed E-state index contributed by atoms with van der Waals surface area (Å²) in [5.41, 5.74) is 1.38. The number of nitrogens with one attached hydrogen (secondary N) is 1. The van der Waals surface area contributed by atoms with E-state index >= 15 is 0 Å². The van der Waals surface area contributed by atoms with E-state index in [2.05, 4.69) is 50.4 Å². The Morgan fingerprint density at radius 3 is 2.22 bits per heavy atom. The van der Waals surface area contributed by atoms with Gasteiger partial charge in [-0.2, -0.15) is 0 Å². The highest BCUT2D eigenvalue weighted by molar-refractivity contribution is 5.27. The molecule has 2 nitrogen and oxygen atoms in total. The van der Waals surface area contributed by atoms with Gasteiger partial charge in [0, 0.05) is 6.04 Å². The summed E-state index contributed by atoms with van der Waals surface area (Å²) in [4.78, 5) is 0. The van der Waals surface area contributed by atoms with Crippen molar-refractivity contribution < 1.29 is 4.74 Å². The molecule has 2 heteroatoms. The zero-order chi connectivity index (χ0) is 13.4. The maximum Gasteiger partial charge on any atom is 0.119 e. The average Bonchev–Trinajstić information content (AvgIpc) is 2.43. The largest absolute Gasteiger partial charge is 0.490 e. The molecule has 102 valence electrons. The van der Waals surface area contributed by atoms with Crippen LogP contribution in [0.4, 0.5) is 0 Å². The second kappa shape index (κ2) is 8.15. The molecule has 1 aromatic rings. The zero-order valence-electron chi connectivity index (χ0n) is 12.2. The smallest absolute Gasteiger partial charge is 0.119 e. The van der Waals surface area contributed by atoms with Crippen LogP contribution in [0.25, 0.3) is 0 Å². The van der Waals surface area contributed by atoms with Crippen LogP contribution in [0.1, 0.15) is 45.6 Å². The van der Waals surface area contributed by atoms with Crippen molar-refractivity contribution in [3.8, 4) is 5.75 Å². The summed E-state index contributed by atoms with van der Waals surface area (Å²) in [6, 6.07) is 9.13. The van der Waals surface area contributed by atoms with Crippen LogP contribution in [0, 0.1) is 0 Å². The fraction of sp³-hybridized carbons (Fsp3) is 0.625. The first-order valence-electron chi connectivity index (χ1n) is 7.12.